The zero-order valence-electron chi connectivity index (χ0n) is 11.4. The van der Waals surface area contributed by atoms with Crippen molar-refractivity contribution in [2.24, 2.45) is 11.8 Å². The molecule has 2 atom stereocenters. The van der Waals surface area contributed by atoms with Crippen LogP contribution in [0, 0.1) is 11.8 Å². The zero-order valence-corrected chi connectivity index (χ0v) is 12.2. The Labute approximate surface area is 119 Å². The first kappa shape index (κ1) is 14.3. The Morgan fingerprint density at radius 1 is 1.37 bits per heavy atom. The van der Waals surface area contributed by atoms with Crippen LogP contribution in [0.15, 0.2) is 12.4 Å². The third-order valence-corrected chi connectivity index (χ3v) is 4.01. The first-order valence-electron chi connectivity index (χ1n) is 6.86. The van der Waals surface area contributed by atoms with Gasteiger partial charge < -0.3 is 5.32 Å². The topological polar surface area (TPSA) is 54.9 Å². The third kappa shape index (κ3) is 3.66. The molecule has 1 heterocycles. The van der Waals surface area contributed by atoms with Gasteiger partial charge in [0.05, 0.1) is 12.4 Å². The minimum Gasteiger partial charge on any atom is -0.348 e. The van der Waals surface area contributed by atoms with Gasteiger partial charge in [0.25, 0.3) is 5.91 Å². The summed E-state index contributed by atoms with van der Waals surface area (Å²) in [5.41, 5.74) is 0.292. The average Bonchev–Trinajstić information content (AvgIpc) is 2.39. The van der Waals surface area contributed by atoms with E-state index < -0.39 is 0 Å². The summed E-state index contributed by atoms with van der Waals surface area (Å²) >= 11 is 5.76. The van der Waals surface area contributed by atoms with E-state index in [0.29, 0.717) is 17.5 Å². The minimum atomic E-state index is -0.174. The van der Waals surface area contributed by atoms with E-state index >= 15 is 0 Å². The Morgan fingerprint density at radius 2 is 2.11 bits per heavy atom. The molecule has 5 heteroatoms. The maximum Gasteiger partial charge on any atom is 0.271 e. The van der Waals surface area contributed by atoms with Gasteiger partial charge in [0.2, 0.25) is 0 Å². The van der Waals surface area contributed by atoms with Crippen molar-refractivity contribution >= 4 is 17.5 Å². The molecule has 1 amide bonds. The number of nitrogens with one attached hydrogen (secondary N) is 1. The predicted molar refractivity (Wildman–Crippen MR) is 75.1 cm³/mol. The molecular formula is C14H20ClN3O. The molecule has 1 aliphatic carbocycles. The predicted octanol–water partition coefficient (Wildman–Crippen LogP) is 3.07. The maximum absolute atomic E-state index is 12.2. The summed E-state index contributed by atoms with van der Waals surface area (Å²) in [6.07, 6.45) is 7.54. The molecule has 0 bridgehead atoms. The lowest BCUT2D eigenvalue weighted by Gasteiger charge is -2.34. The van der Waals surface area contributed by atoms with Gasteiger partial charge in [0.1, 0.15) is 10.8 Å². The summed E-state index contributed by atoms with van der Waals surface area (Å²) < 4.78 is 0. The normalized spacial score (nSPS) is 23.4. The summed E-state index contributed by atoms with van der Waals surface area (Å²) in [6.45, 7) is 4.43. The van der Waals surface area contributed by atoms with Gasteiger partial charge in [-0.15, -0.1) is 0 Å². The fourth-order valence-corrected chi connectivity index (χ4v) is 2.98. The van der Waals surface area contributed by atoms with Gasteiger partial charge in [-0.2, -0.15) is 0 Å². The van der Waals surface area contributed by atoms with Crippen LogP contribution in [0.25, 0.3) is 0 Å². The van der Waals surface area contributed by atoms with E-state index in [1.165, 1.54) is 31.7 Å². The molecule has 1 aliphatic rings. The zero-order chi connectivity index (χ0) is 13.8. The Hall–Kier alpha value is -1.16. The molecule has 1 saturated carbocycles. The molecule has 4 nitrogen and oxygen atoms in total. The molecule has 2 unspecified atom stereocenters. The van der Waals surface area contributed by atoms with Crippen LogP contribution in [0.1, 0.15) is 50.0 Å². The molecule has 1 aromatic heterocycles. The van der Waals surface area contributed by atoms with Gasteiger partial charge >= 0.3 is 0 Å². The van der Waals surface area contributed by atoms with E-state index in [9.17, 15) is 4.79 Å². The third-order valence-electron chi connectivity index (χ3n) is 3.83. The smallest absolute Gasteiger partial charge is 0.271 e. The molecule has 0 aliphatic heterocycles. The van der Waals surface area contributed by atoms with E-state index in [-0.39, 0.29) is 17.1 Å². The maximum atomic E-state index is 12.2. The molecule has 1 N–H and O–H groups in total. The molecular weight excluding hydrogens is 262 g/mol. The van der Waals surface area contributed by atoms with Crippen molar-refractivity contribution in [2.75, 3.05) is 0 Å². The van der Waals surface area contributed by atoms with Crippen molar-refractivity contribution in [1.29, 1.82) is 0 Å². The fraction of sp³-hybridized carbons (Fsp3) is 0.643. The van der Waals surface area contributed by atoms with E-state index in [1.54, 1.807) is 0 Å². The molecule has 104 valence electrons. The molecule has 19 heavy (non-hydrogen) atoms. The standard InChI is InChI=1S/C14H20ClN3O/c1-9(2)10-5-3-4-6-11(10)18-14(19)12-7-16-8-13(15)17-12/h7-11H,3-6H2,1-2H3,(H,18,19). The van der Waals surface area contributed by atoms with Gasteiger partial charge in [0, 0.05) is 6.04 Å². The number of amides is 1. The van der Waals surface area contributed by atoms with Crippen LogP contribution >= 0.6 is 11.6 Å². The number of halogens is 1. The van der Waals surface area contributed by atoms with Crippen LogP contribution in [0.2, 0.25) is 5.15 Å². The molecule has 0 aromatic carbocycles. The number of carbonyl (C=O) groups is 1. The van der Waals surface area contributed by atoms with Crippen LogP contribution in [-0.4, -0.2) is 21.9 Å². The van der Waals surface area contributed by atoms with E-state index in [2.05, 4.69) is 29.1 Å². The summed E-state index contributed by atoms with van der Waals surface area (Å²) in [5.74, 6) is 0.952. The lowest BCUT2D eigenvalue weighted by molar-refractivity contribution is 0.0883. The van der Waals surface area contributed by atoms with Crippen LogP contribution in [-0.2, 0) is 0 Å². The lowest BCUT2D eigenvalue weighted by atomic mass is 9.78. The van der Waals surface area contributed by atoms with Crippen molar-refractivity contribution < 1.29 is 4.79 Å². The van der Waals surface area contributed by atoms with Crippen molar-refractivity contribution in [2.45, 2.75) is 45.6 Å². The number of carbonyl (C=O) groups excluding carboxylic acids is 1. The van der Waals surface area contributed by atoms with Gasteiger partial charge in [-0.3, -0.25) is 9.78 Å². The largest absolute Gasteiger partial charge is 0.348 e. The SMILES string of the molecule is CC(C)C1CCCCC1NC(=O)c1cncc(Cl)n1. The van der Waals surface area contributed by atoms with Crippen LogP contribution in [0.5, 0.6) is 0 Å². The molecule has 0 saturated heterocycles. The highest BCUT2D eigenvalue weighted by molar-refractivity contribution is 6.29. The van der Waals surface area contributed by atoms with Gasteiger partial charge in [-0.25, -0.2) is 4.98 Å². The number of nitrogens with zero attached hydrogens (tertiary/aromatic N) is 2. The molecule has 0 spiro atoms. The van der Waals surface area contributed by atoms with Crippen molar-refractivity contribution in [3.05, 3.63) is 23.2 Å². The Morgan fingerprint density at radius 3 is 2.79 bits per heavy atom. The summed E-state index contributed by atoms with van der Waals surface area (Å²) in [6, 6.07) is 0.238. The molecule has 1 aromatic rings. The van der Waals surface area contributed by atoms with E-state index in [4.69, 9.17) is 11.6 Å². The first-order chi connectivity index (χ1) is 9.08. The number of hydrogen-bond donors (Lipinski definition) is 1. The number of hydrogen-bond acceptors (Lipinski definition) is 3. The van der Waals surface area contributed by atoms with Gasteiger partial charge in [0.15, 0.2) is 0 Å². The van der Waals surface area contributed by atoms with E-state index in [1.807, 2.05) is 0 Å². The van der Waals surface area contributed by atoms with Gasteiger partial charge in [-0.05, 0) is 24.7 Å². The molecule has 0 radical (unpaired) electrons. The second-order valence-corrected chi connectivity index (χ2v) is 5.89. The Balaban J connectivity index is 2.04. The van der Waals surface area contributed by atoms with Crippen molar-refractivity contribution in [3.8, 4) is 0 Å². The lowest BCUT2D eigenvalue weighted by Crippen LogP contribution is -2.44. The van der Waals surface area contributed by atoms with Crippen LogP contribution in [0.3, 0.4) is 0 Å². The second kappa shape index (κ2) is 6.33. The quantitative estimate of drug-likeness (QED) is 0.926. The highest BCUT2D eigenvalue weighted by atomic mass is 35.5. The second-order valence-electron chi connectivity index (χ2n) is 5.50. The average molecular weight is 282 g/mol. The summed E-state index contributed by atoms with van der Waals surface area (Å²) in [4.78, 5) is 20.1. The van der Waals surface area contributed by atoms with E-state index in [0.717, 1.165) is 6.42 Å². The van der Waals surface area contributed by atoms with Crippen molar-refractivity contribution in [3.63, 3.8) is 0 Å². The van der Waals surface area contributed by atoms with Gasteiger partial charge in [-0.1, -0.05) is 38.3 Å². The highest BCUT2D eigenvalue weighted by Gasteiger charge is 2.29. The van der Waals surface area contributed by atoms with Crippen LogP contribution in [0.4, 0.5) is 0 Å². The Bertz CT molecular complexity index is 450. The number of aromatic nitrogens is 2. The molecule has 1 fully saturated rings. The molecule has 2 rings (SSSR count). The summed E-state index contributed by atoms with van der Waals surface area (Å²) in [5, 5.41) is 3.34. The summed E-state index contributed by atoms with van der Waals surface area (Å²) in [7, 11) is 0. The van der Waals surface area contributed by atoms with Crippen molar-refractivity contribution in [1.82, 2.24) is 15.3 Å². The highest BCUT2D eigenvalue weighted by Crippen LogP contribution is 2.30. The Kier molecular flexibility index (Phi) is 4.75. The first-order valence-corrected chi connectivity index (χ1v) is 7.24. The van der Waals surface area contributed by atoms with Crippen LogP contribution < -0.4 is 5.32 Å². The minimum absolute atomic E-state index is 0.174. The fourth-order valence-electron chi connectivity index (χ4n) is 2.83. The number of rotatable bonds is 3. The monoisotopic (exact) mass is 281 g/mol.